The van der Waals surface area contributed by atoms with Gasteiger partial charge < -0.3 is 11.1 Å². The highest BCUT2D eigenvalue weighted by molar-refractivity contribution is 7.97. The maximum atomic E-state index is 6.07. The molecule has 0 saturated carbocycles. The smallest absolute Gasteiger partial charge is 0.0240 e. The number of hydrogen-bond donors (Lipinski definition) is 2. The van der Waals surface area contributed by atoms with Gasteiger partial charge in [-0.15, -0.1) is 0 Å². The zero-order valence-corrected chi connectivity index (χ0v) is 18.4. The van der Waals surface area contributed by atoms with Gasteiger partial charge >= 0.3 is 0 Å². The SMILES string of the molecule is CCCCCCN/C=C(\N)CCCCCCCSN1CCC(CC)CC1. The number of rotatable bonds is 16. The Kier molecular flexibility index (Phi) is 15.3. The third-order valence-electron chi connectivity index (χ3n) is 5.50. The van der Waals surface area contributed by atoms with Crippen LogP contribution in [-0.4, -0.2) is 29.7 Å². The molecule has 1 rings (SSSR count). The van der Waals surface area contributed by atoms with Crippen LogP contribution in [0.3, 0.4) is 0 Å². The highest BCUT2D eigenvalue weighted by Gasteiger charge is 2.17. The lowest BCUT2D eigenvalue weighted by Gasteiger charge is -2.30. The number of unbranched alkanes of at least 4 members (excludes halogenated alkanes) is 7. The summed E-state index contributed by atoms with van der Waals surface area (Å²) in [6, 6.07) is 0. The van der Waals surface area contributed by atoms with E-state index < -0.39 is 0 Å². The van der Waals surface area contributed by atoms with Crippen LogP contribution in [0.25, 0.3) is 0 Å². The third-order valence-corrected chi connectivity index (χ3v) is 6.70. The lowest BCUT2D eigenvalue weighted by Crippen LogP contribution is -2.28. The summed E-state index contributed by atoms with van der Waals surface area (Å²) < 4.78 is 2.60. The second-order valence-electron chi connectivity index (χ2n) is 7.87. The van der Waals surface area contributed by atoms with E-state index in [1.165, 1.54) is 95.9 Å². The normalized spacial score (nSPS) is 16.9. The summed E-state index contributed by atoms with van der Waals surface area (Å²) >= 11 is 2.09. The molecule has 1 aliphatic rings. The van der Waals surface area contributed by atoms with Gasteiger partial charge in [-0.25, -0.2) is 0 Å². The average molecular weight is 384 g/mol. The molecule has 0 bridgehead atoms. The Morgan fingerprint density at radius 3 is 2.42 bits per heavy atom. The first kappa shape index (κ1) is 23.7. The predicted octanol–water partition coefficient (Wildman–Crippen LogP) is 6.07. The molecule has 1 fully saturated rings. The molecule has 3 nitrogen and oxygen atoms in total. The van der Waals surface area contributed by atoms with Gasteiger partial charge in [0.25, 0.3) is 0 Å². The molecule has 26 heavy (non-hydrogen) atoms. The average Bonchev–Trinajstić information content (AvgIpc) is 2.67. The zero-order chi connectivity index (χ0) is 18.9. The maximum absolute atomic E-state index is 6.07. The van der Waals surface area contributed by atoms with Gasteiger partial charge in [-0.05, 0) is 44.4 Å². The van der Waals surface area contributed by atoms with Gasteiger partial charge in [-0.3, -0.25) is 4.31 Å². The molecule has 0 aromatic carbocycles. The number of nitrogens with zero attached hydrogens (tertiary/aromatic N) is 1. The van der Waals surface area contributed by atoms with E-state index in [1.807, 2.05) is 6.20 Å². The topological polar surface area (TPSA) is 41.3 Å². The number of nitrogens with two attached hydrogens (primary N) is 1. The van der Waals surface area contributed by atoms with Crippen molar-refractivity contribution in [1.29, 1.82) is 0 Å². The minimum atomic E-state index is 0.990. The van der Waals surface area contributed by atoms with Crippen molar-refractivity contribution >= 4 is 11.9 Å². The molecule has 0 aromatic heterocycles. The van der Waals surface area contributed by atoms with Crippen molar-refractivity contribution in [2.24, 2.45) is 11.7 Å². The number of hydrogen-bond acceptors (Lipinski definition) is 4. The van der Waals surface area contributed by atoms with Gasteiger partial charge in [0, 0.05) is 37.3 Å². The van der Waals surface area contributed by atoms with Crippen LogP contribution < -0.4 is 11.1 Å². The molecular weight excluding hydrogens is 338 g/mol. The summed E-state index contributed by atoms with van der Waals surface area (Å²) in [5, 5.41) is 3.36. The molecule has 3 N–H and O–H groups in total. The summed E-state index contributed by atoms with van der Waals surface area (Å²) in [5.41, 5.74) is 7.09. The second-order valence-corrected chi connectivity index (χ2v) is 9.05. The van der Waals surface area contributed by atoms with Crippen molar-refractivity contribution < 1.29 is 0 Å². The Balaban J connectivity index is 1.84. The molecule has 0 atom stereocenters. The van der Waals surface area contributed by atoms with Crippen LogP contribution in [0.2, 0.25) is 0 Å². The third kappa shape index (κ3) is 12.9. The quantitative estimate of drug-likeness (QED) is 0.251. The zero-order valence-electron chi connectivity index (χ0n) is 17.6. The molecule has 0 aromatic rings. The van der Waals surface area contributed by atoms with Gasteiger partial charge in [0.1, 0.15) is 0 Å². The summed E-state index contributed by atoms with van der Waals surface area (Å²) in [6.45, 7) is 8.26. The van der Waals surface area contributed by atoms with Crippen molar-refractivity contribution in [3.63, 3.8) is 0 Å². The molecule has 1 heterocycles. The van der Waals surface area contributed by atoms with E-state index in [0.29, 0.717) is 0 Å². The molecule has 0 unspecified atom stereocenters. The first-order valence-corrected chi connectivity index (χ1v) is 12.3. The second kappa shape index (κ2) is 16.8. The fourth-order valence-electron chi connectivity index (χ4n) is 3.53. The molecule has 0 radical (unpaired) electrons. The minimum absolute atomic E-state index is 0.990. The van der Waals surface area contributed by atoms with E-state index in [1.54, 1.807) is 0 Å². The summed E-state index contributed by atoms with van der Waals surface area (Å²) in [5.74, 6) is 2.30. The van der Waals surface area contributed by atoms with Gasteiger partial charge in [0.15, 0.2) is 0 Å². The molecular formula is C22H45N3S. The Bertz CT molecular complexity index is 338. The van der Waals surface area contributed by atoms with E-state index in [0.717, 1.165) is 24.6 Å². The van der Waals surface area contributed by atoms with Crippen LogP contribution in [0, 0.1) is 5.92 Å². The molecule has 0 spiro atoms. The molecule has 1 saturated heterocycles. The van der Waals surface area contributed by atoms with Gasteiger partial charge in [-0.1, -0.05) is 70.7 Å². The summed E-state index contributed by atoms with van der Waals surface area (Å²) in [4.78, 5) is 0. The number of allylic oxidation sites excluding steroid dienone is 1. The molecule has 1 aliphatic heterocycles. The van der Waals surface area contributed by atoms with E-state index in [2.05, 4.69) is 35.4 Å². The van der Waals surface area contributed by atoms with Crippen LogP contribution >= 0.6 is 11.9 Å². The Labute approximate surface area is 168 Å². The summed E-state index contributed by atoms with van der Waals surface area (Å²) in [6.07, 6.45) is 19.1. The number of piperidine rings is 1. The Morgan fingerprint density at radius 2 is 1.69 bits per heavy atom. The van der Waals surface area contributed by atoms with Crippen LogP contribution in [-0.2, 0) is 0 Å². The van der Waals surface area contributed by atoms with Crippen molar-refractivity contribution in [1.82, 2.24) is 9.62 Å². The monoisotopic (exact) mass is 383 g/mol. The molecule has 154 valence electrons. The lowest BCUT2D eigenvalue weighted by molar-refractivity contribution is 0.286. The van der Waals surface area contributed by atoms with Crippen molar-refractivity contribution in [2.45, 2.75) is 97.3 Å². The molecule has 0 amide bonds. The van der Waals surface area contributed by atoms with Crippen molar-refractivity contribution in [3.05, 3.63) is 11.9 Å². The fourth-order valence-corrected chi connectivity index (χ4v) is 4.59. The van der Waals surface area contributed by atoms with E-state index in [4.69, 9.17) is 5.73 Å². The molecule has 4 heteroatoms. The maximum Gasteiger partial charge on any atom is 0.0240 e. The van der Waals surface area contributed by atoms with Gasteiger partial charge in [-0.2, -0.15) is 0 Å². The standard InChI is InChI=1S/C22H45N3S/c1-3-5-6-11-16-24-20-22(23)13-10-8-7-9-12-19-26-25-17-14-21(4-2)15-18-25/h20-21,24H,3-19,23H2,1-2H3/b22-20-. The first-order chi connectivity index (χ1) is 12.8. The lowest BCUT2D eigenvalue weighted by atomic mass is 9.96. The summed E-state index contributed by atoms with van der Waals surface area (Å²) in [7, 11) is 0. The van der Waals surface area contributed by atoms with Crippen LogP contribution in [0.4, 0.5) is 0 Å². The molecule has 0 aliphatic carbocycles. The Morgan fingerprint density at radius 1 is 1.00 bits per heavy atom. The van der Waals surface area contributed by atoms with E-state index in [-0.39, 0.29) is 0 Å². The van der Waals surface area contributed by atoms with Crippen LogP contribution in [0.1, 0.15) is 97.3 Å². The van der Waals surface area contributed by atoms with Gasteiger partial charge in [0.05, 0.1) is 0 Å². The highest BCUT2D eigenvalue weighted by Crippen LogP contribution is 2.25. The first-order valence-electron chi connectivity index (χ1n) is 11.3. The minimum Gasteiger partial charge on any atom is -0.401 e. The van der Waals surface area contributed by atoms with Crippen molar-refractivity contribution in [3.8, 4) is 0 Å². The van der Waals surface area contributed by atoms with E-state index in [9.17, 15) is 0 Å². The van der Waals surface area contributed by atoms with Crippen LogP contribution in [0.15, 0.2) is 11.9 Å². The predicted molar refractivity (Wildman–Crippen MR) is 119 cm³/mol. The fraction of sp³-hybridized carbons (Fsp3) is 0.909. The van der Waals surface area contributed by atoms with Crippen molar-refractivity contribution in [2.75, 3.05) is 25.4 Å². The number of nitrogens with one attached hydrogen (secondary N) is 1. The van der Waals surface area contributed by atoms with E-state index >= 15 is 0 Å². The highest BCUT2D eigenvalue weighted by atomic mass is 32.2. The van der Waals surface area contributed by atoms with Crippen LogP contribution in [0.5, 0.6) is 0 Å². The largest absolute Gasteiger partial charge is 0.401 e. The Hall–Kier alpha value is -0.350. The van der Waals surface area contributed by atoms with Gasteiger partial charge in [0.2, 0.25) is 0 Å².